The summed E-state index contributed by atoms with van der Waals surface area (Å²) in [6.07, 6.45) is 5.10. The Kier molecular flexibility index (Phi) is 2.37. The number of rotatable bonds is 2. The van der Waals surface area contributed by atoms with E-state index < -0.39 is 0 Å². The molecule has 0 bridgehead atoms. The highest BCUT2D eigenvalue weighted by molar-refractivity contribution is 6.66. The average molecular weight is 167 g/mol. The largest absolute Gasteiger partial charge is 0.268 e. The summed E-state index contributed by atoms with van der Waals surface area (Å²) in [7, 11) is 1.99. The van der Waals surface area contributed by atoms with Gasteiger partial charge in [-0.2, -0.15) is 0 Å². The summed E-state index contributed by atoms with van der Waals surface area (Å²) in [4.78, 5) is 8.14. The van der Waals surface area contributed by atoms with Gasteiger partial charge in [0, 0.05) is 24.2 Å². The molecule has 13 heavy (non-hydrogen) atoms. The van der Waals surface area contributed by atoms with E-state index in [0.29, 0.717) is 0 Å². The van der Waals surface area contributed by atoms with E-state index >= 15 is 0 Å². The number of aromatic nitrogens is 2. The summed E-state index contributed by atoms with van der Waals surface area (Å²) in [5.41, 5.74) is 2.02. The average Bonchev–Trinajstić information content (AvgIpc) is 2.21. The molecule has 1 radical (unpaired) electrons. The van der Waals surface area contributed by atoms with Gasteiger partial charge in [-0.15, -0.1) is 0 Å². The molecule has 0 aliphatic rings. The van der Waals surface area contributed by atoms with Crippen molar-refractivity contribution < 1.29 is 0 Å². The van der Waals surface area contributed by atoms with Crippen molar-refractivity contribution in [2.45, 2.75) is 0 Å². The predicted octanol–water partition coefficient (Wildman–Crippen LogP) is 0.132. The van der Waals surface area contributed by atoms with Crippen LogP contribution in [0.25, 0.3) is 0 Å². The van der Waals surface area contributed by atoms with Crippen molar-refractivity contribution in [2.24, 2.45) is 0 Å². The van der Waals surface area contributed by atoms with Crippen LogP contribution in [0.1, 0.15) is 0 Å². The fraction of sp³-hybridized carbons (Fsp3) is 0. The van der Waals surface area contributed by atoms with Crippen LogP contribution < -0.4 is 11.1 Å². The van der Waals surface area contributed by atoms with Crippen molar-refractivity contribution in [3.05, 3.63) is 48.9 Å². The zero-order valence-corrected chi connectivity index (χ0v) is 7.09. The van der Waals surface area contributed by atoms with Crippen LogP contribution in [0.5, 0.6) is 0 Å². The summed E-state index contributed by atoms with van der Waals surface area (Å²) < 4.78 is 0. The Bertz CT molecular complexity index is 324. The normalized spacial score (nSPS) is 9.54. The molecule has 0 fully saturated rings. The number of hydrogen-bond donors (Lipinski definition) is 0. The molecule has 3 heteroatoms. The maximum Gasteiger partial charge on any atom is 0.219 e. The van der Waals surface area contributed by atoms with Gasteiger partial charge in [0.05, 0.1) is 0 Å². The fourth-order valence-corrected chi connectivity index (χ4v) is 1.11. The Morgan fingerprint density at radius 1 is 1.00 bits per heavy atom. The Labute approximate surface area is 77.9 Å². The highest BCUT2D eigenvalue weighted by Crippen LogP contribution is 1.80. The lowest BCUT2D eigenvalue weighted by Gasteiger charge is -1.96. The molecular formula is C10H8BN2. The van der Waals surface area contributed by atoms with Crippen LogP contribution in [0.15, 0.2) is 48.9 Å². The highest BCUT2D eigenvalue weighted by atomic mass is 14.7. The lowest BCUT2D eigenvalue weighted by molar-refractivity contribution is 1.24. The molecule has 0 unspecified atom stereocenters. The van der Waals surface area contributed by atoms with Crippen LogP contribution in [0.2, 0.25) is 0 Å². The Balaban J connectivity index is 2.16. The third-order valence-electron chi connectivity index (χ3n) is 1.70. The van der Waals surface area contributed by atoms with E-state index in [9.17, 15) is 0 Å². The fourth-order valence-electron chi connectivity index (χ4n) is 1.11. The van der Waals surface area contributed by atoms with Gasteiger partial charge in [0.2, 0.25) is 7.28 Å². The van der Waals surface area contributed by atoms with E-state index in [2.05, 4.69) is 9.97 Å². The molecule has 2 nitrogen and oxygen atoms in total. The summed E-state index contributed by atoms with van der Waals surface area (Å²) >= 11 is 0. The third kappa shape index (κ3) is 2.15. The second-order valence-electron chi connectivity index (χ2n) is 2.69. The first-order chi connectivity index (χ1) is 6.45. The van der Waals surface area contributed by atoms with Crippen LogP contribution in [-0.4, -0.2) is 17.2 Å². The molecule has 0 N–H and O–H groups in total. The first kappa shape index (κ1) is 7.99. The smallest absolute Gasteiger partial charge is 0.219 e. The van der Waals surface area contributed by atoms with Gasteiger partial charge in [-0.25, -0.2) is 0 Å². The Morgan fingerprint density at radius 3 is 2.54 bits per heavy atom. The van der Waals surface area contributed by atoms with Crippen molar-refractivity contribution in [2.75, 3.05) is 0 Å². The van der Waals surface area contributed by atoms with Crippen molar-refractivity contribution in [3.63, 3.8) is 0 Å². The minimum absolute atomic E-state index is 0.883. The number of benzene rings is 1. The van der Waals surface area contributed by atoms with Gasteiger partial charge >= 0.3 is 0 Å². The van der Waals surface area contributed by atoms with E-state index in [4.69, 9.17) is 0 Å². The lowest BCUT2D eigenvalue weighted by atomic mass is 9.67. The van der Waals surface area contributed by atoms with Gasteiger partial charge in [0.25, 0.3) is 0 Å². The topological polar surface area (TPSA) is 25.8 Å². The minimum atomic E-state index is 0.883. The first-order valence-corrected chi connectivity index (χ1v) is 4.11. The summed E-state index contributed by atoms with van der Waals surface area (Å²) in [6.45, 7) is 0. The molecule has 1 heterocycles. The highest BCUT2D eigenvalue weighted by Gasteiger charge is 1.97. The Morgan fingerprint density at radius 2 is 1.85 bits per heavy atom. The van der Waals surface area contributed by atoms with E-state index in [0.717, 1.165) is 11.1 Å². The molecule has 0 spiro atoms. The number of hydrogen-bond acceptors (Lipinski definition) is 2. The number of nitrogens with zero attached hydrogens (tertiary/aromatic N) is 2. The molecule has 0 amide bonds. The Hall–Kier alpha value is -1.64. The zero-order valence-electron chi connectivity index (χ0n) is 7.09. The second-order valence-corrected chi connectivity index (χ2v) is 2.69. The minimum Gasteiger partial charge on any atom is -0.268 e. The van der Waals surface area contributed by atoms with E-state index in [-0.39, 0.29) is 0 Å². The van der Waals surface area contributed by atoms with Crippen LogP contribution in [-0.2, 0) is 0 Å². The molecule has 0 aliphatic heterocycles. The second kappa shape index (κ2) is 3.85. The maximum atomic E-state index is 4.16. The van der Waals surface area contributed by atoms with Crippen molar-refractivity contribution in [1.29, 1.82) is 0 Å². The maximum absolute atomic E-state index is 4.16. The van der Waals surface area contributed by atoms with E-state index in [1.807, 2.05) is 37.6 Å². The van der Waals surface area contributed by atoms with Gasteiger partial charge in [0.15, 0.2) is 0 Å². The SMILES string of the molecule is [B](c1ccccc1)c1cnccn1. The molecular weight excluding hydrogens is 159 g/mol. The van der Waals surface area contributed by atoms with E-state index in [1.54, 1.807) is 18.6 Å². The third-order valence-corrected chi connectivity index (χ3v) is 1.70. The van der Waals surface area contributed by atoms with Gasteiger partial charge in [-0.3, -0.25) is 9.97 Å². The monoisotopic (exact) mass is 167 g/mol. The molecule has 0 saturated carbocycles. The van der Waals surface area contributed by atoms with Gasteiger partial charge in [-0.05, 0) is 0 Å². The molecule has 1 aromatic heterocycles. The van der Waals surface area contributed by atoms with Crippen LogP contribution in [0.3, 0.4) is 0 Å². The zero-order chi connectivity index (χ0) is 8.93. The molecule has 1 aromatic carbocycles. The summed E-state index contributed by atoms with van der Waals surface area (Å²) in [6, 6.07) is 10.1. The molecule has 0 saturated heterocycles. The first-order valence-electron chi connectivity index (χ1n) is 4.11. The van der Waals surface area contributed by atoms with Crippen LogP contribution in [0.4, 0.5) is 0 Å². The molecule has 61 valence electrons. The van der Waals surface area contributed by atoms with Gasteiger partial charge in [-0.1, -0.05) is 35.8 Å². The van der Waals surface area contributed by atoms with Crippen molar-refractivity contribution in [3.8, 4) is 0 Å². The molecule has 0 aliphatic carbocycles. The molecule has 2 aromatic rings. The van der Waals surface area contributed by atoms with Crippen LogP contribution >= 0.6 is 0 Å². The summed E-state index contributed by atoms with van der Waals surface area (Å²) in [5, 5.41) is 0. The van der Waals surface area contributed by atoms with Gasteiger partial charge in [0.1, 0.15) is 0 Å². The quantitative estimate of drug-likeness (QED) is 0.594. The summed E-state index contributed by atoms with van der Waals surface area (Å²) in [5.74, 6) is 0. The van der Waals surface area contributed by atoms with Crippen molar-refractivity contribution in [1.82, 2.24) is 9.97 Å². The lowest BCUT2D eigenvalue weighted by Crippen LogP contribution is -2.29. The standard InChI is InChI=1S/C10H8BN2/c1-2-4-9(5-3-1)11-10-8-12-6-7-13-10/h1-8H. The molecule has 0 atom stereocenters. The van der Waals surface area contributed by atoms with Gasteiger partial charge < -0.3 is 0 Å². The van der Waals surface area contributed by atoms with E-state index in [1.165, 1.54) is 0 Å². The molecule has 2 rings (SSSR count). The van der Waals surface area contributed by atoms with Crippen molar-refractivity contribution >= 4 is 18.3 Å². The predicted molar refractivity (Wildman–Crippen MR) is 53.5 cm³/mol. The van der Waals surface area contributed by atoms with Crippen LogP contribution in [0, 0.1) is 0 Å².